The van der Waals surface area contributed by atoms with E-state index in [0.29, 0.717) is 29.8 Å². The van der Waals surface area contributed by atoms with E-state index in [1.807, 2.05) is 0 Å². The second-order valence-corrected chi connectivity index (χ2v) is 7.39. The Hall–Kier alpha value is -2.48. The van der Waals surface area contributed by atoms with Crippen LogP contribution in [0.15, 0.2) is 12.1 Å². The molecule has 0 aromatic heterocycles. The molecule has 1 spiro atoms. The SMILES string of the molecule is CCOC(=O)[C@H]1C[C@]2(C(=O)Nc3c(C)cc([N+](=O)[O-])cc32)[NH+]2CCC[C@H]12. The van der Waals surface area contributed by atoms with Crippen LogP contribution in [0.5, 0.6) is 0 Å². The van der Waals surface area contributed by atoms with E-state index in [4.69, 9.17) is 4.74 Å². The lowest BCUT2D eigenvalue weighted by molar-refractivity contribution is -0.947. The number of esters is 1. The number of quaternary nitrogens is 1. The second kappa shape index (κ2) is 5.77. The van der Waals surface area contributed by atoms with E-state index in [9.17, 15) is 19.7 Å². The van der Waals surface area contributed by atoms with E-state index in [1.54, 1.807) is 13.8 Å². The highest BCUT2D eigenvalue weighted by atomic mass is 16.6. The molecule has 4 rings (SSSR count). The lowest BCUT2D eigenvalue weighted by atomic mass is 9.83. The molecule has 1 unspecified atom stereocenters. The third kappa shape index (κ3) is 2.11. The largest absolute Gasteiger partial charge is 0.466 e. The topological polar surface area (TPSA) is 103 Å². The van der Waals surface area contributed by atoms with Crippen molar-refractivity contribution in [3.63, 3.8) is 0 Å². The van der Waals surface area contributed by atoms with Crippen LogP contribution >= 0.6 is 0 Å². The minimum Gasteiger partial charge on any atom is -0.466 e. The number of rotatable bonds is 3. The summed E-state index contributed by atoms with van der Waals surface area (Å²) >= 11 is 0. The molecule has 1 amide bonds. The summed E-state index contributed by atoms with van der Waals surface area (Å²) in [5, 5.41) is 14.3. The summed E-state index contributed by atoms with van der Waals surface area (Å²) < 4.78 is 5.25. The fraction of sp³-hybridized carbons (Fsp3) is 0.556. The number of benzene rings is 1. The lowest BCUT2D eigenvalue weighted by Crippen LogP contribution is -3.19. The number of non-ortho nitro benzene ring substituents is 1. The van der Waals surface area contributed by atoms with Crippen molar-refractivity contribution in [3.05, 3.63) is 33.4 Å². The zero-order chi connectivity index (χ0) is 18.6. The number of hydrogen-bond donors (Lipinski definition) is 2. The number of hydrogen-bond acceptors (Lipinski definition) is 5. The maximum Gasteiger partial charge on any atom is 0.315 e. The summed E-state index contributed by atoms with van der Waals surface area (Å²) in [7, 11) is 0. The predicted molar refractivity (Wildman–Crippen MR) is 91.7 cm³/mol. The van der Waals surface area contributed by atoms with E-state index in [2.05, 4.69) is 5.32 Å². The Morgan fingerprint density at radius 1 is 1.50 bits per heavy atom. The van der Waals surface area contributed by atoms with Gasteiger partial charge in [-0.15, -0.1) is 0 Å². The third-order valence-electron chi connectivity index (χ3n) is 6.18. The highest BCUT2D eigenvalue weighted by molar-refractivity contribution is 6.06. The van der Waals surface area contributed by atoms with E-state index in [0.717, 1.165) is 24.3 Å². The number of anilines is 1. The van der Waals surface area contributed by atoms with Crippen LogP contribution in [-0.2, 0) is 19.9 Å². The standard InChI is InChI=1S/C18H21N3O5/c1-3-26-16(22)12-9-18(20-6-4-5-14(12)20)13-8-11(21(24)25)7-10(2)15(13)19-17(18)23/h7-8,12,14H,3-6,9H2,1-2H3,(H,19,23)/p+1/t12-,14+,18-/m0/s1. The van der Waals surface area contributed by atoms with Crippen LogP contribution in [-0.4, -0.2) is 36.0 Å². The van der Waals surface area contributed by atoms with Crippen LogP contribution in [0, 0.1) is 23.0 Å². The minimum atomic E-state index is -0.940. The zero-order valence-electron chi connectivity index (χ0n) is 14.8. The first kappa shape index (κ1) is 17.0. The van der Waals surface area contributed by atoms with Gasteiger partial charge in [0.2, 0.25) is 5.54 Å². The quantitative estimate of drug-likeness (QED) is 0.469. The van der Waals surface area contributed by atoms with Crippen molar-refractivity contribution in [2.45, 2.75) is 44.7 Å². The Balaban J connectivity index is 1.86. The maximum absolute atomic E-state index is 13.1. The van der Waals surface area contributed by atoms with Gasteiger partial charge in [-0.05, 0) is 19.4 Å². The van der Waals surface area contributed by atoms with Crippen molar-refractivity contribution in [2.24, 2.45) is 5.92 Å². The lowest BCUT2D eigenvalue weighted by Gasteiger charge is -2.29. The number of aryl methyl sites for hydroxylation is 1. The molecule has 3 heterocycles. The molecule has 26 heavy (non-hydrogen) atoms. The second-order valence-electron chi connectivity index (χ2n) is 7.39. The number of fused-ring (bicyclic) bond motifs is 4. The van der Waals surface area contributed by atoms with Gasteiger partial charge in [0.05, 0.1) is 29.3 Å². The summed E-state index contributed by atoms with van der Waals surface area (Å²) in [6.45, 7) is 4.61. The van der Waals surface area contributed by atoms with Gasteiger partial charge >= 0.3 is 5.97 Å². The van der Waals surface area contributed by atoms with E-state index in [1.165, 1.54) is 12.1 Å². The van der Waals surface area contributed by atoms with Crippen LogP contribution in [0.4, 0.5) is 11.4 Å². The predicted octanol–water partition coefficient (Wildman–Crippen LogP) is 0.681. The average molecular weight is 360 g/mol. The van der Waals surface area contributed by atoms with Crippen molar-refractivity contribution in [2.75, 3.05) is 18.5 Å². The van der Waals surface area contributed by atoms with Crippen LogP contribution in [0.3, 0.4) is 0 Å². The van der Waals surface area contributed by atoms with Crippen LogP contribution in [0.1, 0.15) is 37.3 Å². The molecule has 2 fully saturated rings. The zero-order valence-corrected chi connectivity index (χ0v) is 14.8. The monoisotopic (exact) mass is 360 g/mol. The third-order valence-corrected chi connectivity index (χ3v) is 6.18. The maximum atomic E-state index is 13.1. The molecule has 1 aromatic carbocycles. The van der Waals surface area contributed by atoms with E-state index >= 15 is 0 Å². The number of nitrogens with one attached hydrogen (secondary N) is 2. The van der Waals surface area contributed by atoms with E-state index < -0.39 is 10.5 Å². The first-order valence-corrected chi connectivity index (χ1v) is 9.04. The van der Waals surface area contributed by atoms with Crippen molar-refractivity contribution in [1.29, 1.82) is 0 Å². The van der Waals surface area contributed by atoms with Gasteiger partial charge in [-0.1, -0.05) is 0 Å². The molecule has 8 heteroatoms. The van der Waals surface area contributed by atoms with Crippen molar-refractivity contribution >= 4 is 23.3 Å². The number of carbonyl (C=O) groups is 2. The molecular formula is C18H22N3O5+. The van der Waals surface area contributed by atoms with Gasteiger partial charge in [0.25, 0.3) is 11.6 Å². The van der Waals surface area contributed by atoms with Gasteiger partial charge in [-0.3, -0.25) is 19.7 Å². The molecule has 3 aliphatic heterocycles. The Morgan fingerprint density at radius 3 is 2.96 bits per heavy atom. The van der Waals surface area contributed by atoms with Crippen LogP contribution in [0.2, 0.25) is 0 Å². The molecule has 2 saturated heterocycles. The Kier molecular flexibility index (Phi) is 3.76. The summed E-state index contributed by atoms with van der Waals surface area (Å²) in [5.41, 5.74) is 1.03. The molecule has 1 aromatic rings. The first-order valence-electron chi connectivity index (χ1n) is 9.04. The molecular weight excluding hydrogens is 338 g/mol. The molecule has 2 N–H and O–H groups in total. The Morgan fingerprint density at radius 2 is 2.27 bits per heavy atom. The highest BCUT2D eigenvalue weighted by Crippen LogP contribution is 2.46. The minimum absolute atomic E-state index is 0.0188. The van der Waals surface area contributed by atoms with Gasteiger partial charge in [0.1, 0.15) is 12.0 Å². The first-order chi connectivity index (χ1) is 12.4. The van der Waals surface area contributed by atoms with E-state index in [-0.39, 0.29) is 29.5 Å². The fourth-order valence-corrected chi connectivity index (χ4v) is 5.19. The molecule has 0 aliphatic carbocycles. The summed E-state index contributed by atoms with van der Waals surface area (Å²) in [5.74, 6) is -0.786. The Bertz CT molecular complexity index is 823. The average Bonchev–Trinajstić information content (AvgIpc) is 3.24. The molecule has 3 aliphatic rings. The number of nitrogens with zero attached hydrogens (tertiary/aromatic N) is 1. The van der Waals surface area contributed by atoms with Gasteiger partial charge in [-0.2, -0.15) is 0 Å². The van der Waals surface area contributed by atoms with Gasteiger partial charge in [-0.25, -0.2) is 0 Å². The number of carbonyl (C=O) groups excluding carboxylic acids is 2. The summed E-state index contributed by atoms with van der Waals surface area (Å²) in [6, 6.07) is 3.01. The molecule has 8 nitrogen and oxygen atoms in total. The number of nitro benzene ring substituents is 1. The molecule has 0 bridgehead atoms. The van der Waals surface area contributed by atoms with Crippen molar-refractivity contribution in [3.8, 4) is 0 Å². The Labute approximate surface area is 150 Å². The van der Waals surface area contributed by atoms with Gasteiger partial charge in [0.15, 0.2) is 0 Å². The van der Waals surface area contributed by atoms with Gasteiger partial charge < -0.3 is 15.0 Å². The van der Waals surface area contributed by atoms with Crippen molar-refractivity contribution < 1.29 is 24.1 Å². The number of nitro groups is 1. The smallest absolute Gasteiger partial charge is 0.315 e. The van der Waals surface area contributed by atoms with Crippen molar-refractivity contribution in [1.82, 2.24) is 0 Å². The highest BCUT2D eigenvalue weighted by Gasteiger charge is 2.67. The molecule has 4 atom stereocenters. The number of amides is 1. The van der Waals surface area contributed by atoms with Crippen LogP contribution in [0.25, 0.3) is 0 Å². The fourth-order valence-electron chi connectivity index (χ4n) is 5.19. The van der Waals surface area contributed by atoms with Gasteiger partial charge in [0, 0.05) is 31.4 Å². The number of ether oxygens (including phenoxy) is 1. The molecule has 138 valence electrons. The van der Waals surface area contributed by atoms with Crippen LogP contribution < -0.4 is 10.2 Å². The molecule has 0 radical (unpaired) electrons. The summed E-state index contributed by atoms with van der Waals surface area (Å²) in [6.07, 6.45) is 2.12. The molecule has 0 saturated carbocycles. The summed E-state index contributed by atoms with van der Waals surface area (Å²) in [4.78, 5) is 37.6. The normalized spacial score (nSPS) is 31.6.